The van der Waals surface area contributed by atoms with Crippen LogP contribution in [0.2, 0.25) is 0 Å². The average molecular weight is 381 g/mol. The van der Waals surface area contributed by atoms with Crippen molar-refractivity contribution in [3.63, 3.8) is 0 Å². The van der Waals surface area contributed by atoms with E-state index in [1.54, 1.807) is 17.6 Å². The maximum atomic E-state index is 12.1. The van der Waals surface area contributed by atoms with E-state index in [1.165, 1.54) is 11.1 Å². The highest BCUT2D eigenvalue weighted by molar-refractivity contribution is 7.97. The Balaban J connectivity index is 1.48. The molecule has 5 heteroatoms. The van der Waals surface area contributed by atoms with Crippen LogP contribution in [0.15, 0.2) is 71.1 Å². The van der Waals surface area contributed by atoms with Crippen molar-refractivity contribution in [1.29, 1.82) is 0 Å². The number of hydrazone groups is 1. The first-order valence-electron chi connectivity index (χ1n) is 8.30. The van der Waals surface area contributed by atoms with Crippen LogP contribution in [-0.4, -0.2) is 12.1 Å². The number of hydrogen-bond donors (Lipinski definition) is 1. The molecule has 0 aliphatic carbocycles. The number of amides is 1. The van der Waals surface area contributed by atoms with Gasteiger partial charge in [-0.25, -0.2) is 5.43 Å². The second-order valence-corrected chi connectivity index (χ2v) is 7.78. The van der Waals surface area contributed by atoms with Gasteiger partial charge in [0, 0.05) is 21.9 Å². The first-order valence-corrected chi connectivity index (χ1v) is 10.3. The second-order valence-electron chi connectivity index (χ2n) is 5.84. The number of benzene rings is 2. The minimum Gasteiger partial charge on any atom is -0.267 e. The molecule has 0 unspecified atom stereocenters. The molecule has 3 rings (SSSR count). The SMILES string of the molecule is Cc1ccsc1/C=N\NC(=O)c1ccc(CSCc2ccccc2)cc1. The normalized spacial score (nSPS) is 11.0. The number of thiophene rings is 1. The molecule has 26 heavy (non-hydrogen) atoms. The summed E-state index contributed by atoms with van der Waals surface area (Å²) in [6, 6.07) is 20.2. The number of nitrogens with zero attached hydrogens (tertiary/aromatic N) is 1. The Hall–Kier alpha value is -2.37. The van der Waals surface area contributed by atoms with Crippen LogP contribution in [0, 0.1) is 6.92 Å². The zero-order valence-electron chi connectivity index (χ0n) is 14.5. The first-order chi connectivity index (χ1) is 12.7. The van der Waals surface area contributed by atoms with Crippen molar-refractivity contribution in [3.8, 4) is 0 Å². The lowest BCUT2D eigenvalue weighted by molar-refractivity contribution is 0.0955. The third-order valence-electron chi connectivity index (χ3n) is 3.85. The Kier molecular flexibility index (Phi) is 6.63. The van der Waals surface area contributed by atoms with Gasteiger partial charge in [-0.1, -0.05) is 42.5 Å². The van der Waals surface area contributed by atoms with Gasteiger partial charge < -0.3 is 0 Å². The van der Waals surface area contributed by atoms with Crippen LogP contribution in [0.4, 0.5) is 0 Å². The maximum absolute atomic E-state index is 12.1. The average Bonchev–Trinajstić information content (AvgIpc) is 3.08. The Bertz CT molecular complexity index is 871. The van der Waals surface area contributed by atoms with Crippen LogP contribution in [0.3, 0.4) is 0 Å². The summed E-state index contributed by atoms with van der Waals surface area (Å²) >= 11 is 3.47. The van der Waals surface area contributed by atoms with E-state index in [-0.39, 0.29) is 5.91 Å². The quantitative estimate of drug-likeness (QED) is 0.449. The fourth-order valence-corrected chi connectivity index (χ4v) is 4.09. The van der Waals surface area contributed by atoms with Gasteiger partial charge in [0.25, 0.3) is 5.91 Å². The molecule has 3 aromatic rings. The molecule has 0 bridgehead atoms. The van der Waals surface area contributed by atoms with Crippen LogP contribution in [0.1, 0.15) is 31.9 Å². The predicted octanol–water partition coefficient (Wildman–Crippen LogP) is 5.25. The molecule has 0 radical (unpaired) electrons. The number of aryl methyl sites for hydroxylation is 1. The van der Waals surface area contributed by atoms with Crippen LogP contribution >= 0.6 is 23.1 Å². The number of carbonyl (C=O) groups excluding carboxylic acids is 1. The van der Waals surface area contributed by atoms with Crippen LogP contribution in [-0.2, 0) is 11.5 Å². The summed E-state index contributed by atoms with van der Waals surface area (Å²) in [5, 5.41) is 6.05. The monoisotopic (exact) mass is 380 g/mol. The molecule has 132 valence electrons. The lowest BCUT2D eigenvalue weighted by atomic mass is 10.1. The van der Waals surface area contributed by atoms with Crippen molar-refractivity contribution in [2.45, 2.75) is 18.4 Å². The van der Waals surface area contributed by atoms with Gasteiger partial charge in [0.15, 0.2) is 0 Å². The van der Waals surface area contributed by atoms with Gasteiger partial charge in [0.1, 0.15) is 0 Å². The van der Waals surface area contributed by atoms with Gasteiger partial charge in [-0.05, 0) is 47.2 Å². The van der Waals surface area contributed by atoms with Crippen LogP contribution in [0.25, 0.3) is 0 Å². The molecule has 1 heterocycles. The van der Waals surface area contributed by atoms with E-state index >= 15 is 0 Å². The Morgan fingerprint density at radius 1 is 1.04 bits per heavy atom. The summed E-state index contributed by atoms with van der Waals surface area (Å²) in [5.74, 6) is 1.71. The van der Waals surface area contributed by atoms with Crippen molar-refractivity contribution in [1.82, 2.24) is 5.43 Å². The molecule has 0 aliphatic heterocycles. The van der Waals surface area contributed by atoms with Crippen LogP contribution in [0.5, 0.6) is 0 Å². The van der Waals surface area contributed by atoms with E-state index in [9.17, 15) is 4.79 Å². The van der Waals surface area contributed by atoms with E-state index in [0.717, 1.165) is 21.9 Å². The van der Waals surface area contributed by atoms with E-state index in [4.69, 9.17) is 0 Å². The molecule has 2 aromatic carbocycles. The number of carbonyl (C=O) groups is 1. The minimum atomic E-state index is -0.195. The van der Waals surface area contributed by atoms with E-state index in [1.807, 2.05) is 60.5 Å². The molecular weight excluding hydrogens is 360 g/mol. The molecule has 3 nitrogen and oxygen atoms in total. The zero-order valence-corrected chi connectivity index (χ0v) is 16.1. The van der Waals surface area contributed by atoms with Gasteiger partial charge in [-0.15, -0.1) is 11.3 Å². The lowest BCUT2D eigenvalue weighted by Crippen LogP contribution is -2.17. The minimum absolute atomic E-state index is 0.195. The molecule has 0 fully saturated rings. The van der Waals surface area contributed by atoms with Gasteiger partial charge in [-0.3, -0.25) is 4.79 Å². The van der Waals surface area contributed by atoms with Gasteiger partial charge in [0.05, 0.1) is 6.21 Å². The highest BCUT2D eigenvalue weighted by atomic mass is 32.2. The van der Waals surface area contributed by atoms with E-state index in [0.29, 0.717) is 5.56 Å². The summed E-state index contributed by atoms with van der Waals surface area (Å²) in [5.41, 5.74) is 6.89. The predicted molar refractivity (Wildman–Crippen MR) is 112 cm³/mol. The molecular formula is C21H20N2OS2. The molecule has 0 saturated heterocycles. The lowest BCUT2D eigenvalue weighted by Gasteiger charge is -2.04. The molecule has 0 aliphatic rings. The van der Waals surface area contributed by atoms with Crippen molar-refractivity contribution < 1.29 is 4.79 Å². The molecule has 1 N–H and O–H groups in total. The number of nitrogens with one attached hydrogen (secondary N) is 1. The molecule has 0 spiro atoms. The highest BCUT2D eigenvalue weighted by Crippen LogP contribution is 2.18. The molecule has 1 aromatic heterocycles. The topological polar surface area (TPSA) is 41.5 Å². The Morgan fingerprint density at radius 2 is 1.73 bits per heavy atom. The number of hydrogen-bond acceptors (Lipinski definition) is 4. The van der Waals surface area contributed by atoms with Crippen molar-refractivity contribution in [2.24, 2.45) is 5.10 Å². The summed E-state index contributed by atoms with van der Waals surface area (Å²) in [6.45, 7) is 2.02. The van der Waals surface area contributed by atoms with Gasteiger partial charge >= 0.3 is 0 Å². The van der Waals surface area contributed by atoms with E-state index in [2.05, 4.69) is 34.8 Å². The maximum Gasteiger partial charge on any atom is 0.271 e. The first kappa shape index (κ1) is 18.4. The Morgan fingerprint density at radius 3 is 2.38 bits per heavy atom. The van der Waals surface area contributed by atoms with Crippen molar-refractivity contribution in [3.05, 3.63) is 93.2 Å². The van der Waals surface area contributed by atoms with Gasteiger partial charge in [0.2, 0.25) is 0 Å². The molecule has 1 amide bonds. The fourth-order valence-electron chi connectivity index (χ4n) is 2.34. The third-order valence-corrected chi connectivity index (χ3v) is 5.87. The zero-order chi connectivity index (χ0) is 18.2. The summed E-state index contributed by atoms with van der Waals surface area (Å²) in [4.78, 5) is 13.2. The van der Waals surface area contributed by atoms with Crippen molar-refractivity contribution in [2.75, 3.05) is 0 Å². The molecule has 0 saturated carbocycles. The van der Waals surface area contributed by atoms with E-state index < -0.39 is 0 Å². The third kappa shape index (κ3) is 5.31. The van der Waals surface area contributed by atoms with Crippen LogP contribution < -0.4 is 5.43 Å². The van der Waals surface area contributed by atoms with Gasteiger partial charge in [-0.2, -0.15) is 16.9 Å². The smallest absolute Gasteiger partial charge is 0.267 e. The highest BCUT2D eigenvalue weighted by Gasteiger charge is 2.04. The standard InChI is InChI=1S/C21H20N2OS2/c1-16-11-12-26-20(16)13-22-23-21(24)19-9-7-18(8-10-19)15-25-14-17-5-3-2-4-6-17/h2-13H,14-15H2,1H3,(H,23,24)/b22-13-. The summed E-state index contributed by atoms with van der Waals surface area (Å²) < 4.78 is 0. The number of thioether (sulfide) groups is 1. The second kappa shape index (κ2) is 9.36. The molecule has 0 atom stereocenters. The fraction of sp³-hybridized carbons (Fsp3) is 0.143. The van der Waals surface area contributed by atoms with Crippen molar-refractivity contribution >= 4 is 35.2 Å². The summed E-state index contributed by atoms with van der Waals surface area (Å²) in [7, 11) is 0. The number of rotatable bonds is 7. The largest absolute Gasteiger partial charge is 0.271 e. The summed E-state index contributed by atoms with van der Waals surface area (Å²) in [6.07, 6.45) is 1.69. The Labute approximate surface area is 162 Å².